The van der Waals surface area contributed by atoms with Crippen LogP contribution in [0.25, 0.3) is 6.08 Å². The summed E-state index contributed by atoms with van der Waals surface area (Å²) in [6.07, 6.45) is 2.05. The number of benzene rings is 3. The number of carbonyl (C=O) groups is 4. The number of halogens is 1. The van der Waals surface area contributed by atoms with Crippen LogP contribution in [0.2, 0.25) is 5.02 Å². The lowest BCUT2D eigenvalue weighted by atomic mass is 10.1. The van der Waals surface area contributed by atoms with Crippen LogP contribution in [0.5, 0.6) is 28.7 Å². The van der Waals surface area contributed by atoms with Crippen molar-refractivity contribution in [3.05, 3.63) is 70.8 Å². The quantitative estimate of drug-likeness (QED) is 0.190. The molecular formula is C32H32ClN3O9. The van der Waals surface area contributed by atoms with Gasteiger partial charge in [-0.25, -0.2) is 9.69 Å². The van der Waals surface area contributed by atoms with Gasteiger partial charge in [0, 0.05) is 11.8 Å². The van der Waals surface area contributed by atoms with E-state index < -0.39 is 23.8 Å². The van der Waals surface area contributed by atoms with E-state index in [2.05, 4.69) is 10.6 Å². The summed E-state index contributed by atoms with van der Waals surface area (Å²) in [6, 6.07) is 13.4. The molecule has 0 spiro atoms. The number of ether oxygens (including phenoxy) is 5. The molecule has 0 saturated carbocycles. The van der Waals surface area contributed by atoms with Gasteiger partial charge in [0.15, 0.2) is 29.6 Å². The normalized spacial score (nSPS) is 13.8. The Morgan fingerprint density at radius 3 is 2.33 bits per heavy atom. The third-order valence-electron chi connectivity index (χ3n) is 6.33. The molecule has 2 N–H and O–H groups in total. The van der Waals surface area contributed by atoms with E-state index >= 15 is 0 Å². The molecule has 1 heterocycles. The van der Waals surface area contributed by atoms with Crippen molar-refractivity contribution >= 4 is 52.8 Å². The van der Waals surface area contributed by atoms with Crippen LogP contribution >= 0.6 is 11.6 Å². The lowest BCUT2D eigenvalue weighted by Gasteiger charge is -2.27. The van der Waals surface area contributed by atoms with E-state index in [0.29, 0.717) is 35.1 Å². The molecule has 4 rings (SSSR count). The van der Waals surface area contributed by atoms with E-state index in [1.165, 1.54) is 37.5 Å². The average Bonchev–Trinajstić information content (AvgIpc) is 3.02. The highest BCUT2D eigenvalue weighted by atomic mass is 35.5. The lowest BCUT2D eigenvalue weighted by molar-refractivity contribution is -0.122. The van der Waals surface area contributed by atoms with Gasteiger partial charge in [-0.1, -0.05) is 18.5 Å². The van der Waals surface area contributed by atoms with Gasteiger partial charge in [-0.05, 0) is 73.5 Å². The molecule has 0 aliphatic carbocycles. The van der Waals surface area contributed by atoms with Gasteiger partial charge in [-0.3, -0.25) is 19.7 Å². The maximum Gasteiger partial charge on any atom is 0.335 e. The first-order chi connectivity index (χ1) is 21.7. The number of rotatable bonds is 13. The maximum atomic E-state index is 13.5. The van der Waals surface area contributed by atoms with Gasteiger partial charge in [0.1, 0.15) is 11.3 Å². The number of carbonyl (C=O) groups excluding carboxylic acids is 4. The number of imide groups is 2. The Hall–Kier alpha value is -5.23. The first-order valence-corrected chi connectivity index (χ1v) is 14.3. The molecule has 3 aromatic carbocycles. The molecule has 1 aliphatic rings. The standard InChI is InChI=1S/C32H32ClN3O9/c1-5-13-44-25-12-9-21(17-26(25)42-4)36-31(39)23(30(38)35-32(36)40)14-19-15-24(33)29(27(16-19)43-6-2)45-18-28(37)34-20-7-10-22(41-3)11-8-20/h7-12,14-17H,5-6,13,18H2,1-4H3,(H,34,37)(H,35,38,40)/b23-14-. The van der Waals surface area contributed by atoms with Gasteiger partial charge in [0.25, 0.3) is 17.7 Å². The van der Waals surface area contributed by atoms with Crippen molar-refractivity contribution in [1.82, 2.24) is 5.32 Å². The zero-order chi connectivity index (χ0) is 32.5. The van der Waals surface area contributed by atoms with Crippen molar-refractivity contribution in [3.8, 4) is 28.7 Å². The summed E-state index contributed by atoms with van der Waals surface area (Å²) >= 11 is 6.51. The molecule has 5 amide bonds. The molecule has 3 aromatic rings. The summed E-state index contributed by atoms with van der Waals surface area (Å²) in [5.74, 6) is -0.522. The largest absolute Gasteiger partial charge is 0.497 e. The molecule has 1 saturated heterocycles. The minimum Gasteiger partial charge on any atom is -0.497 e. The van der Waals surface area contributed by atoms with E-state index in [-0.39, 0.29) is 41.0 Å². The lowest BCUT2D eigenvalue weighted by Crippen LogP contribution is -2.54. The monoisotopic (exact) mass is 637 g/mol. The van der Waals surface area contributed by atoms with Crippen molar-refractivity contribution in [3.63, 3.8) is 0 Å². The van der Waals surface area contributed by atoms with Crippen LogP contribution in [0.3, 0.4) is 0 Å². The van der Waals surface area contributed by atoms with E-state index in [1.807, 2.05) is 6.92 Å². The Morgan fingerprint density at radius 1 is 0.911 bits per heavy atom. The molecule has 1 aliphatic heterocycles. The number of nitrogens with zero attached hydrogens (tertiary/aromatic N) is 1. The summed E-state index contributed by atoms with van der Waals surface area (Å²) in [6.45, 7) is 4.00. The minimum atomic E-state index is -0.920. The fourth-order valence-corrected chi connectivity index (χ4v) is 4.54. The molecular weight excluding hydrogens is 606 g/mol. The zero-order valence-corrected chi connectivity index (χ0v) is 25.9. The highest BCUT2D eigenvalue weighted by molar-refractivity contribution is 6.39. The molecule has 13 heteroatoms. The third-order valence-corrected chi connectivity index (χ3v) is 6.61. The number of amides is 5. The van der Waals surface area contributed by atoms with Crippen molar-refractivity contribution in [1.29, 1.82) is 0 Å². The number of urea groups is 1. The highest BCUT2D eigenvalue weighted by Crippen LogP contribution is 2.38. The van der Waals surface area contributed by atoms with E-state index in [0.717, 1.165) is 11.3 Å². The Kier molecular flexibility index (Phi) is 10.9. The van der Waals surface area contributed by atoms with Crippen molar-refractivity contribution in [2.45, 2.75) is 20.3 Å². The van der Waals surface area contributed by atoms with Gasteiger partial charge >= 0.3 is 6.03 Å². The van der Waals surface area contributed by atoms with Crippen LogP contribution in [0.4, 0.5) is 16.2 Å². The number of nitrogens with one attached hydrogen (secondary N) is 2. The van der Waals surface area contributed by atoms with Crippen LogP contribution < -0.4 is 39.2 Å². The van der Waals surface area contributed by atoms with Gasteiger partial charge in [-0.15, -0.1) is 0 Å². The Balaban J connectivity index is 1.57. The van der Waals surface area contributed by atoms with Gasteiger partial charge < -0.3 is 29.0 Å². The van der Waals surface area contributed by atoms with Crippen LogP contribution in [0.15, 0.2) is 60.2 Å². The second-order valence-electron chi connectivity index (χ2n) is 9.47. The van der Waals surface area contributed by atoms with Crippen LogP contribution in [-0.4, -0.2) is 57.8 Å². The van der Waals surface area contributed by atoms with E-state index in [4.69, 9.17) is 35.3 Å². The van der Waals surface area contributed by atoms with Gasteiger partial charge in [-0.2, -0.15) is 0 Å². The number of methoxy groups -OCH3 is 2. The zero-order valence-electron chi connectivity index (χ0n) is 25.1. The van der Waals surface area contributed by atoms with Crippen LogP contribution in [-0.2, 0) is 14.4 Å². The SMILES string of the molecule is CCCOc1ccc(N2C(=O)NC(=O)/C(=C/c3cc(Cl)c(OCC(=O)Nc4ccc(OC)cc4)c(OCC)c3)C2=O)cc1OC. The van der Waals surface area contributed by atoms with Crippen molar-refractivity contribution in [2.75, 3.05) is 44.3 Å². The van der Waals surface area contributed by atoms with Gasteiger partial charge in [0.05, 0.1) is 38.1 Å². The minimum absolute atomic E-state index is 0.0639. The summed E-state index contributed by atoms with van der Waals surface area (Å²) in [5.41, 5.74) is 0.698. The molecule has 1 fully saturated rings. The predicted octanol–water partition coefficient (Wildman–Crippen LogP) is 5.23. The molecule has 0 bridgehead atoms. The molecule has 0 atom stereocenters. The van der Waals surface area contributed by atoms with Crippen LogP contribution in [0, 0.1) is 0 Å². The van der Waals surface area contributed by atoms with E-state index in [1.54, 1.807) is 44.4 Å². The number of anilines is 2. The van der Waals surface area contributed by atoms with E-state index in [9.17, 15) is 19.2 Å². The second kappa shape index (κ2) is 15.0. The molecule has 45 heavy (non-hydrogen) atoms. The van der Waals surface area contributed by atoms with Gasteiger partial charge in [0.2, 0.25) is 0 Å². The average molecular weight is 638 g/mol. The summed E-state index contributed by atoms with van der Waals surface area (Å²) in [4.78, 5) is 52.4. The molecule has 12 nitrogen and oxygen atoms in total. The summed E-state index contributed by atoms with van der Waals surface area (Å²) in [5, 5.41) is 4.96. The summed E-state index contributed by atoms with van der Waals surface area (Å²) in [7, 11) is 2.98. The Labute approximate surface area is 264 Å². The summed E-state index contributed by atoms with van der Waals surface area (Å²) < 4.78 is 27.5. The fourth-order valence-electron chi connectivity index (χ4n) is 4.27. The number of barbiturate groups is 1. The number of hydrogen-bond donors (Lipinski definition) is 2. The fraction of sp³-hybridized carbons (Fsp3) is 0.250. The smallest absolute Gasteiger partial charge is 0.335 e. The van der Waals surface area contributed by atoms with Crippen LogP contribution in [0.1, 0.15) is 25.8 Å². The Morgan fingerprint density at radius 2 is 1.67 bits per heavy atom. The second-order valence-corrected chi connectivity index (χ2v) is 9.88. The highest BCUT2D eigenvalue weighted by Gasteiger charge is 2.37. The first kappa shape index (κ1) is 32.7. The topological polar surface area (TPSA) is 142 Å². The Bertz CT molecular complexity index is 1620. The van der Waals surface area contributed by atoms with Crippen molar-refractivity contribution < 1.29 is 42.9 Å². The maximum absolute atomic E-state index is 13.5. The molecule has 0 unspecified atom stereocenters. The first-order valence-electron chi connectivity index (χ1n) is 13.9. The van der Waals surface area contributed by atoms with Crippen molar-refractivity contribution in [2.24, 2.45) is 0 Å². The predicted molar refractivity (Wildman–Crippen MR) is 168 cm³/mol. The molecule has 0 radical (unpaired) electrons. The molecule has 236 valence electrons. The molecule has 0 aromatic heterocycles. The number of hydrogen-bond acceptors (Lipinski definition) is 9. The third kappa shape index (κ3) is 7.84.